The van der Waals surface area contributed by atoms with Gasteiger partial charge in [0.1, 0.15) is 0 Å². The van der Waals surface area contributed by atoms with Crippen molar-refractivity contribution < 1.29 is 4.79 Å². The maximum absolute atomic E-state index is 12.6. The molecule has 0 aromatic heterocycles. The third kappa shape index (κ3) is 4.52. The van der Waals surface area contributed by atoms with E-state index in [0.717, 1.165) is 58.0 Å². The number of amides is 1. The molecule has 1 aromatic rings. The van der Waals surface area contributed by atoms with Crippen LogP contribution in [0.1, 0.15) is 37.7 Å². The first kappa shape index (κ1) is 19.3. The second kappa shape index (κ2) is 8.14. The quantitative estimate of drug-likeness (QED) is 0.724. The Bertz CT molecular complexity index is 677. The van der Waals surface area contributed by atoms with Gasteiger partial charge in [-0.2, -0.15) is 0 Å². The Kier molecular flexibility index (Phi) is 5.81. The summed E-state index contributed by atoms with van der Waals surface area (Å²) in [4.78, 5) is 21.3. The number of nitrogens with zero attached hydrogens (tertiary/aromatic N) is 3. The summed E-state index contributed by atoms with van der Waals surface area (Å²) in [5, 5.41) is 0. The van der Waals surface area contributed by atoms with Crippen molar-refractivity contribution in [1.29, 1.82) is 0 Å². The maximum Gasteiger partial charge on any atom is 0.222 e. The predicted molar refractivity (Wildman–Crippen MR) is 112 cm³/mol. The molecule has 0 bridgehead atoms. The van der Waals surface area contributed by atoms with Crippen LogP contribution in [0.2, 0.25) is 0 Å². The Morgan fingerprint density at radius 3 is 2.81 bits per heavy atom. The van der Waals surface area contributed by atoms with Gasteiger partial charge in [-0.1, -0.05) is 12.1 Å². The molecule has 0 radical (unpaired) electrons. The van der Waals surface area contributed by atoms with Gasteiger partial charge < -0.3 is 4.90 Å². The molecule has 2 heterocycles. The summed E-state index contributed by atoms with van der Waals surface area (Å²) in [5.74, 6) is 1.17. The number of carbonyl (C=O) groups is 1. The van der Waals surface area contributed by atoms with Gasteiger partial charge in [-0.05, 0) is 62.6 Å². The number of likely N-dealkylation sites (tertiary alicyclic amines) is 1. The van der Waals surface area contributed by atoms with Crippen molar-refractivity contribution in [1.82, 2.24) is 14.7 Å². The lowest BCUT2D eigenvalue weighted by atomic mass is 9.86. The second-order valence-electron chi connectivity index (χ2n) is 8.74. The Hall–Kier alpha value is -1.04. The minimum atomic E-state index is 0.156. The molecule has 1 aliphatic carbocycles. The summed E-state index contributed by atoms with van der Waals surface area (Å²) in [6.45, 7) is 6.25. The highest BCUT2D eigenvalue weighted by Crippen LogP contribution is 2.35. The van der Waals surface area contributed by atoms with Crippen molar-refractivity contribution in [3.63, 3.8) is 0 Å². The molecule has 0 N–H and O–H groups in total. The topological polar surface area (TPSA) is 26.8 Å². The zero-order valence-electron chi connectivity index (χ0n) is 16.8. The molecular formula is C22H33N3OS. The number of piperazine rings is 1. The molecule has 1 atom stereocenters. The van der Waals surface area contributed by atoms with E-state index in [1.54, 1.807) is 0 Å². The summed E-state index contributed by atoms with van der Waals surface area (Å²) in [5.41, 5.74) is 1.56. The molecule has 1 saturated carbocycles. The van der Waals surface area contributed by atoms with Gasteiger partial charge in [0, 0.05) is 56.1 Å². The molecule has 2 saturated heterocycles. The Balaban J connectivity index is 1.43. The first-order valence-corrected chi connectivity index (χ1v) is 11.6. The molecule has 0 unspecified atom stereocenters. The smallest absolute Gasteiger partial charge is 0.222 e. The van der Waals surface area contributed by atoms with Crippen molar-refractivity contribution in [3.8, 4) is 0 Å². The predicted octanol–water partition coefficient (Wildman–Crippen LogP) is 3.32. The lowest BCUT2D eigenvalue weighted by Gasteiger charge is -2.49. The highest BCUT2D eigenvalue weighted by Gasteiger charge is 2.42. The van der Waals surface area contributed by atoms with Crippen molar-refractivity contribution in [3.05, 3.63) is 29.8 Å². The average molecular weight is 388 g/mol. The number of rotatable bonds is 5. The third-order valence-corrected chi connectivity index (χ3v) is 7.52. The molecule has 4 nitrogen and oxygen atoms in total. The van der Waals surface area contributed by atoms with E-state index in [1.165, 1.54) is 23.3 Å². The fourth-order valence-corrected chi connectivity index (χ4v) is 5.23. The van der Waals surface area contributed by atoms with E-state index in [-0.39, 0.29) is 5.54 Å². The van der Waals surface area contributed by atoms with E-state index >= 15 is 0 Å². The minimum Gasteiger partial charge on any atom is -0.342 e. The van der Waals surface area contributed by atoms with Crippen LogP contribution in [-0.2, 0) is 11.3 Å². The molecule has 2 aliphatic heterocycles. The average Bonchev–Trinajstić information content (AvgIpc) is 3.51. The molecule has 4 rings (SSSR count). The van der Waals surface area contributed by atoms with Gasteiger partial charge in [-0.25, -0.2) is 0 Å². The van der Waals surface area contributed by atoms with E-state index in [4.69, 9.17) is 0 Å². The Labute approximate surface area is 168 Å². The van der Waals surface area contributed by atoms with E-state index in [1.807, 2.05) is 11.8 Å². The minimum absolute atomic E-state index is 0.156. The summed E-state index contributed by atoms with van der Waals surface area (Å²) >= 11 is 1.81. The van der Waals surface area contributed by atoms with Crippen molar-refractivity contribution >= 4 is 17.7 Å². The van der Waals surface area contributed by atoms with Crippen LogP contribution in [0.4, 0.5) is 0 Å². The van der Waals surface area contributed by atoms with Crippen LogP contribution in [0.3, 0.4) is 0 Å². The monoisotopic (exact) mass is 387 g/mol. The first-order valence-electron chi connectivity index (χ1n) is 10.4. The highest BCUT2D eigenvalue weighted by atomic mass is 32.2. The number of hydrogen-bond donors (Lipinski definition) is 0. The Morgan fingerprint density at radius 2 is 2.04 bits per heavy atom. The van der Waals surface area contributed by atoms with Gasteiger partial charge in [0.05, 0.1) is 0 Å². The number of thioether (sulfide) groups is 1. The highest BCUT2D eigenvalue weighted by molar-refractivity contribution is 7.98. The molecule has 148 valence electrons. The van der Waals surface area contributed by atoms with Crippen LogP contribution in [0, 0.1) is 5.92 Å². The number of likely N-dealkylation sites (N-methyl/N-ethyl adjacent to an activating group) is 1. The lowest BCUT2D eigenvalue weighted by molar-refractivity contribution is -0.131. The van der Waals surface area contributed by atoms with Gasteiger partial charge >= 0.3 is 0 Å². The zero-order valence-corrected chi connectivity index (χ0v) is 17.6. The van der Waals surface area contributed by atoms with E-state index in [9.17, 15) is 4.79 Å². The van der Waals surface area contributed by atoms with Crippen LogP contribution in [0.5, 0.6) is 0 Å². The zero-order chi connectivity index (χ0) is 18.9. The normalized spacial score (nSPS) is 27.9. The lowest BCUT2D eigenvalue weighted by Crippen LogP contribution is -2.60. The largest absolute Gasteiger partial charge is 0.342 e. The van der Waals surface area contributed by atoms with Gasteiger partial charge in [0.25, 0.3) is 0 Å². The van der Waals surface area contributed by atoms with Crippen LogP contribution in [-0.4, -0.2) is 72.2 Å². The number of benzene rings is 1. The molecular weight excluding hydrogens is 354 g/mol. The summed E-state index contributed by atoms with van der Waals surface area (Å²) in [7, 11) is 2.27. The van der Waals surface area contributed by atoms with Gasteiger partial charge in [-0.3, -0.25) is 14.6 Å². The van der Waals surface area contributed by atoms with Crippen molar-refractivity contribution in [2.45, 2.75) is 49.1 Å². The first-order chi connectivity index (χ1) is 13.1. The molecule has 3 fully saturated rings. The number of hydrogen-bond acceptors (Lipinski definition) is 4. The molecule has 5 heteroatoms. The van der Waals surface area contributed by atoms with Crippen LogP contribution in [0.25, 0.3) is 0 Å². The molecule has 1 aromatic carbocycles. The summed E-state index contributed by atoms with van der Waals surface area (Å²) in [6, 6.07) is 8.93. The molecule has 1 spiro atoms. The van der Waals surface area contributed by atoms with Crippen molar-refractivity contribution in [2.24, 2.45) is 5.92 Å². The van der Waals surface area contributed by atoms with E-state index < -0.39 is 0 Å². The third-order valence-electron chi connectivity index (χ3n) is 6.80. The summed E-state index contributed by atoms with van der Waals surface area (Å²) < 4.78 is 0. The Morgan fingerprint density at radius 1 is 1.19 bits per heavy atom. The number of carbonyl (C=O) groups excluding carboxylic acids is 1. The second-order valence-corrected chi connectivity index (χ2v) is 9.62. The molecule has 27 heavy (non-hydrogen) atoms. The van der Waals surface area contributed by atoms with Crippen LogP contribution < -0.4 is 0 Å². The van der Waals surface area contributed by atoms with Gasteiger partial charge in [0.2, 0.25) is 5.91 Å². The molecule has 3 aliphatic rings. The van der Waals surface area contributed by atoms with Crippen LogP contribution in [0.15, 0.2) is 29.2 Å². The fraction of sp³-hybridized carbons (Fsp3) is 0.682. The van der Waals surface area contributed by atoms with Crippen molar-refractivity contribution in [2.75, 3.05) is 46.0 Å². The maximum atomic E-state index is 12.6. The SMILES string of the molecule is CSc1cccc(CN2CCN(C)[C@]3(CCC(=O)N(CC4CC4)CC3)C2)c1. The van der Waals surface area contributed by atoms with Crippen LogP contribution >= 0.6 is 11.8 Å². The summed E-state index contributed by atoms with van der Waals surface area (Å²) in [6.07, 6.45) is 7.61. The molecule has 1 amide bonds. The van der Waals surface area contributed by atoms with E-state index in [0.29, 0.717) is 12.3 Å². The fourth-order valence-electron chi connectivity index (χ4n) is 4.74. The van der Waals surface area contributed by atoms with Gasteiger partial charge in [-0.15, -0.1) is 11.8 Å². The van der Waals surface area contributed by atoms with E-state index in [2.05, 4.69) is 52.3 Å². The van der Waals surface area contributed by atoms with Gasteiger partial charge in [0.15, 0.2) is 0 Å². The standard InChI is InChI=1S/C22H33N3OS/c1-23-12-13-24(15-19-4-3-5-20(14-19)27-2)17-22(23)9-8-21(26)25(11-10-22)16-18-6-7-18/h3-5,14,18H,6-13,15-17H2,1-2H3/t22-/m0/s1.